The standard InChI is InChI=1S/C21H23N3O6S/c1-30-19-11-10-17(15-20(19)31(28,29)23-13-5-2-6-14-23)22-21(25)12-9-16-7-3-4-8-18(16)24(26)27/h3-4,7-12,15H,2,5-6,13-14H2,1H3,(H,22,25)/b12-9+. The van der Waals surface area contributed by atoms with Gasteiger partial charge in [-0.25, -0.2) is 8.42 Å². The molecule has 0 bridgehead atoms. The van der Waals surface area contributed by atoms with E-state index in [2.05, 4.69) is 5.32 Å². The Balaban J connectivity index is 1.82. The first-order chi connectivity index (χ1) is 14.8. The van der Waals surface area contributed by atoms with E-state index in [0.717, 1.165) is 25.3 Å². The molecule has 1 fully saturated rings. The molecule has 2 aromatic rings. The number of piperidine rings is 1. The maximum Gasteiger partial charge on any atom is 0.276 e. The van der Waals surface area contributed by atoms with Gasteiger partial charge >= 0.3 is 0 Å². The van der Waals surface area contributed by atoms with Crippen molar-refractivity contribution in [3.05, 3.63) is 64.2 Å². The molecule has 1 saturated heterocycles. The molecule has 3 rings (SSSR count). The monoisotopic (exact) mass is 445 g/mol. The van der Waals surface area contributed by atoms with Gasteiger partial charge in [0.15, 0.2) is 0 Å². The number of nitrogens with one attached hydrogen (secondary N) is 1. The van der Waals surface area contributed by atoms with Crippen molar-refractivity contribution in [1.29, 1.82) is 0 Å². The normalized spacial score (nSPS) is 15.0. The Hall–Kier alpha value is -3.24. The van der Waals surface area contributed by atoms with Crippen LogP contribution in [-0.2, 0) is 14.8 Å². The minimum Gasteiger partial charge on any atom is -0.495 e. The van der Waals surface area contributed by atoms with E-state index in [-0.39, 0.29) is 27.6 Å². The fraction of sp³-hybridized carbons (Fsp3) is 0.286. The number of carbonyl (C=O) groups excluding carboxylic acids is 1. The molecule has 1 N–H and O–H groups in total. The molecule has 0 saturated carbocycles. The van der Waals surface area contributed by atoms with Crippen LogP contribution in [0.4, 0.5) is 11.4 Å². The molecule has 0 aromatic heterocycles. The first-order valence-corrected chi connectivity index (χ1v) is 11.2. The fourth-order valence-corrected chi connectivity index (χ4v) is 5.04. The fourth-order valence-electron chi connectivity index (χ4n) is 3.34. The topological polar surface area (TPSA) is 119 Å². The van der Waals surface area contributed by atoms with Gasteiger partial charge in [-0.3, -0.25) is 14.9 Å². The average molecular weight is 445 g/mol. The zero-order chi connectivity index (χ0) is 22.4. The zero-order valence-corrected chi connectivity index (χ0v) is 17.8. The molecule has 31 heavy (non-hydrogen) atoms. The SMILES string of the molecule is COc1ccc(NC(=O)/C=C/c2ccccc2[N+](=O)[O-])cc1S(=O)(=O)N1CCCCC1. The first-order valence-electron chi connectivity index (χ1n) is 9.73. The lowest BCUT2D eigenvalue weighted by Crippen LogP contribution is -2.35. The number of para-hydroxylation sites is 1. The first kappa shape index (κ1) is 22.4. The Morgan fingerprint density at radius 2 is 1.87 bits per heavy atom. The molecule has 1 aliphatic rings. The molecule has 9 nitrogen and oxygen atoms in total. The van der Waals surface area contributed by atoms with Gasteiger partial charge in [-0.2, -0.15) is 4.31 Å². The largest absolute Gasteiger partial charge is 0.495 e. The highest BCUT2D eigenvalue weighted by Gasteiger charge is 2.29. The van der Waals surface area contributed by atoms with E-state index in [1.807, 2.05) is 0 Å². The number of carbonyl (C=O) groups is 1. The van der Waals surface area contributed by atoms with E-state index in [0.29, 0.717) is 13.1 Å². The summed E-state index contributed by atoms with van der Waals surface area (Å²) in [6, 6.07) is 10.4. The van der Waals surface area contributed by atoms with Crippen LogP contribution in [0.2, 0.25) is 0 Å². The van der Waals surface area contributed by atoms with Crippen LogP contribution in [-0.4, -0.2) is 43.8 Å². The summed E-state index contributed by atoms with van der Waals surface area (Å²) in [5, 5.41) is 13.7. The smallest absolute Gasteiger partial charge is 0.276 e. The zero-order valence-electron chi connectivity index (χ0n) is 17.0. The molecule has 1 heterocycles. The Kier molecular flexibility index (Phi) is 7.03. The van der Waals surface area contributed by atoms with E-state index >= 15 is 0 Å². The number of nitro groups is 1. The molecule has 164 valence electrons. The predicted molar refractivity (Wildman–Crippen MR) is 116 cm³/mol. The minimum atomic E-state index is -3.77. The third kappa shape index (κ3) is 5.28. The summed E-state index contributed by atoms with van der Waals surface area (Å²) in [4.78, 5) is 22.9. The third-order valence-corrected chi connectivity index (χ3v) is 6.83. The molecular weight excluding hydrogens is 422 g/mol. The molecule has 1 aliphatic heterocycles. The summed E-state index contributed by atoms with van der Waals surface area (Å²) < 4.78 is 32.8. The molecule has 10 heteroatoms. The van der Waals surface area contributed by atoms with Crippen molar-refractivity contribution in [3.63, 3.8) is 0 Å². The molecule has 0 atom stereocenters. The van der Waals surface area contributed by atoms with E-state index < -0.39 is 20.9 Å². The number of hydrogen-bond donors (Lipinski definition) is 1. The van der Waals surface area contributed by atoms with Gasteiger partial charge in [-0.1, -0.05) is 18.6 Å². The lowest BCUT2D eigenvalue weighted by atomic mass is 10.1. The van der Waals surface area contributed by atoms with Gasteiger partial charge in [0, 0.05) is 30.9 Å². The van der Waals surface area contributed by atoms with Crippen LogP contribution in [0.15, 0.2) is 53.4 Å². The number of benzene rings is 2. The molecule has 0 aliphatic carbocycles. The van der Waals surface area contributed by atoms with Gasteiger partial charge in [-0.05, 0) is 43.2 Å². The van der Waals surface area contributed by atoms with Crippen LogP contribution in [0.25, 0.3) is 6.08 Å². The lowest BCUT2D eigenvalue weighted by Gasteiger charge is -2.26. The third-order valence-electron chi connectivity index (χ3n) is 4.91. The van der Waals surface area contributed by atoms with Crippen molar-refractivity contribution >= 4 is 33.4 Å². The van der Waals surface area contributed by atoms with Gasteiger partial charge in [0.25, 0.3) is 5.69 Å². The Morgan fingerprint density at radius 1 is 1.16 bits per heavy atom. The number of amides is 1. The van der Waals surface area contributed by atoms with E-state index in [4.69, 9.17) is 4.74 Å². The van der Waals surface area contributed by atoms with Crippen molar-refractivity contribution in [1.82, 2.24) is 4.31 Å². The van der Waals surface area contributed by atoms with Gasteiger partial charge in [0.1, 0.15) is 10.6 Å². The van der Waals surface area contributed by atoms with Gasteiger partial charge in [-0.15, -0.1) is 0 Å². The second-order valence-electron chi connectivity index (χ2n) is 6.97. The van der Waals surface area contributed by atoms with Crippen LogP contribution in [0.3, 0.4) is 0 Å². The Morgan fingerprint density at radius 3 is 2.55 bits per heavy atom. The van der Waals surface area contributed by atoms with Crippen molar-refractivity contribution in [2.24, 2.45) is 0 Å². The quantitative estimate of drug-likeness (QED) is 0.396. The summed E-state index contributed by atoms with van der Waals surface area (Å²) in [6.07, 6.45) is 5.09. The highest BCUT2D eigenvalue weighted by atomic mass is 32.2. The number of anilines is 1. The Bertz CT molecular complexity index is 1110. The molecule has 1 amide bonds. The lowest BCUT2D eigenvalue weighted by molar-refractivity contribution is -0.385. The van der Waals surface area contributed by atoms with Crippen LogP contribution in [0.5, 0.6) is 5.75 Å². The number of rotatable bonds is 7. The summed E-state index contributed by atoms with van der Waals surface area (Å²) in [5.41, 5.74) is 0.435. The van der Waals surface area contributed by atoms with Gasteiger partial charge in [0.2, 0.25) is 15.9 Å². The van der Waals surface area contributed by atoms with Crippen molar-refractivity contribution in [3.8, 4) is 5.75 Å². The highest BCUT2D eigenvalue weighted by Crippen LogP contribution is 2.31. The average Bonchev–Trinajstić information content (AvgIpc) is 2.78. The van der Waals surface area contributed by atoms with Crippen molar-refractivity contribution in [2.75, 3.05) is 25.5 Å². The van der Waals surface area contributed by atoms with Gasteiger partial charge in [0.05, 0.1) is 17.6 Å². The van der Waals surface area contributed by atoms with Crippen LogP contribution < -0.4 is 10.1 Å². The molecule has 0 radical (unpaired) electrons. The summed E-state index contributed by atoms with van der Waals surface area (Å²) in [6.45, 7) is 0.890. The number of hydrogen-bond acceptors (Lipinski definition) is 6. The molecular formula is C21H23N3O6S. The molecule has 2 aromatic carbocycles. The second-order valence-corrected chi connectivity index (χ2v) is 8.88. The predicted octanol–water partition coefficient (Wildman–Crippen LogP) is 3.43. The van der Waals surface area contributed by atoms with E-state index in [9.17, 15) is 23.3 Å². The maximum absolute atomic E-state index is 13.1. The number of ether oxygens (including phenoxy) is 1. The number of nitro benzene ring substituents is 1. The second kappa shape index (κ2) is 9.71. The molecule has 0 spiro atoms. The Labute approximate surface area is 180 Å². The number of nitrogens with zero attached hydrogens (tertiary/aromatic N) is 2. The van der Waals surface area contributed by atoms with Crippen LogP contribution in [0.1, 0.15) is 24.8 Å². The van der Waals surface area contributed by atoms with Crippen LogP contribution >= 0.6 is 0 Å². The maximum atomic E-state index is 13.1. The van der Waals surface area contributed by atoms with Gasteiger partial charge < -0.3 is 10.1 Å². The van der Waals surface area contributed by atoms with Crippen LogP contribution in [0, 0.1) is 10.1 Å². The van der Waals surface area contributed by atoms with E-state index in [1.54, 1.807) is 6.07 Å². The van der Waals surface area contributed by atoms with Crippen molar-refractivity contribution in [2.45, 2.75) is 24.2 Å². The molecule has 0 unspecified atom stereocenters. The summed E-state index contributed by atoms with van der Waals surface area (Å²) in [7, 11) is -2.38. The highest BCUT2D eigenvalue weighted by molar-refractivity contribution is 7.89. The van der Waals surface area contributed by atoms with E-state index in [1.165, 1.54) is 53.9 Å². The van der Waals surface area contributed by atoms with Crippen molar-refractivity contribution < 1.29 is 22.9 Å². The number of methoxy groups -OCH3 is 1. The number of sulfonamides is 1. The summed E-state index contributed by atoms with van der Waals surface area (Å²) in [5.74, 6) is -0.358. The minimum absolute atomic E-state index is 0.0163. The summed E-state index contributed by atoms with van der Waals surface area (Å²) >= 11 is 0.